The van der Waals surface area contributed by atoms with Gasteiger partial charge in [-0.3, -0.25) is 9.59 Å². The van der Waals surface area contributed by atoms with Crippen LogP contribution in [0.25, 0.3) is 11.1 Å². The predicted octanol–water partition coefficient (Wildman–Crippen LogP) is 5.74. The minimum Gasteiger partial charge on any atom is -0.354 e. The highest BCUT2D eigenvalue weighted by atomic mass is 19.4. The zero-order valence-electron chi connectivity index (χ0n) is 17.7. The Bertz CT molecular complexity index is 960. The number of rotatable bonds is 3. The van der Waals surface area contributed by atoms with Gasteiger partial charge in [-0.15, -0.1) is 0 Å². The van der Waals surface area contributed by atoms with E-state index in [4.69, 9.17) is 4.74 Å². The van der Waals surface area contributed by atoms with E-state index in [1.54, 1.807) is 39.8 Å². The second kappa shape index (κ2) is 7.34. The number of benzene rings is 2. The molecule has 1 saturated heterocycles. The SMILES string of the molecule is CCc1cc(-c2ccc(C(F)(F)F)cc2)ccc1C1C(=O)C(C)(C)OC(C)(C)C1=O. The van der Waals surface area contributed by atoms with E-state index >= 15 is 0 Å². The van der Waals surface area contributed by atoms with Gasteiger partial charge in [-0.25, -0.2) is 0 Å². The van der Waals surface area contributed by atoms with E-state index in [-0.39, 0.29) is 11.6 Å². The molecule has 30 heavy (non-hydrogen) atoms. The molecule has 0 spiro atoms. The summed E-state index contributed by atoms with van der Waals surface area (Å²) in [5.41, 5.74) is -0.0933. The Morgan fingerprint density at radius 3 is 1.83 bits per heavy atom. The van der Waals surface area contributed by atoms with Gasteiger partial charge in [-0.1, -0.05) is 37.3 Å². The number of ketones is 2. The van der Waals surface area contributed by atoms with Crippen LogP contribution in [0, 0.1) is 0 Å². The van der Waals surface area contributed by atoms with Crippen LogP contribution in [0.2, 0.25) is 0 Å². The molecule has 160 valence electrons. The predicted molar refractivity (Wildman–Crippen MR) is 108 cm³/mol. The average Bonchev–Trinajstić information content (AvgIpc) is 2.66. The van der Waals surface area contributed by atoms with Crippen molar-refractivity contribution < 1.29 is 27.5 Å². The molecule has 1 heterocycles. The molecule has 1 aliphatic heterocycles. The Labute approximate surface area is 174 Å². The standard InChI is InChI=1S/C24H25F3O3/c1-6-14-13-16(15-7-10-17(11-8-15)24(25,26)27)9-12-18(14)19-20(28)22(2,3)30-23(4,5)21(19)29/h7-13,19H,6H2,1-5H3. The summed E-state index contributed by atoms with van der Waals surface area (Å²) in [5.74, 6) is -1.51. The number of ether oxygens (including phenoxy) is 1. The molecular weight excluding hydrogens is 393 g/mol. The largest absolute Gasteiger partial charge is 0.416 e. The van der Waals surface area contributed by atoms with Gasteiger partial charge in [0.25, 0.3) is 0 Å². The first-order chi connectivity index (χ1) is 13.8. The fourth-order valence-electron chi connectivity index (χ4n) is 4.06. The number of carbonyl (C=O) groups is 2. The lowest BCUT2D eigenvalue weighted by Gasteiger charge is -2.43. The summed E-state index contributed by atoms with van der Waals surface area (Å²) in [5, 5.41) is 0. The van der Waals surface area contributed by atoms with Crippen molar-refractivity contribution in [1.82, 2.24) is 0 Å². The maximum atomic E-state index is 13.0. The summed E-state index contributed by atoms with van der Waals surface area (Å²) in [4.78, 5) is 26.1. The fraction of sp³-hybridized carbons (Fsp3) is 0.417. The normalized spacial score (nSPS) is 19.2. The van der Waals surface area contributed by atoms with Crippen LogP contribution in [0.4, 0.5) is 13.2 Å². The van der Waals surface area contributed by atoms with Crippen molar-refractivity contribution >= 4 is 11.6 Å². The first-order valence-corrected chi connectivity index (χ1v) is 9.87. The minimum atomic E-state index is -4.39. The molecule has 0 saturated carbocycles. The molecule has 1 aliphatic rings. The van der Waals surface area contributed by atoms with E-state index in [1.807, 2.05) is 13.0 Å². The third-order valence-electron chi connectivity index (χ3n) is 5.60. The maximum Gasteiger partial charge on any atom is 0.416 e. The van der Waals surface area contributed by atoms with Crippen LogP contribution >= 0.6 is 0 Å². The first-order valence-electron chi connectivity index (χ1n) is 9.87. The van der Waals surface area contributed by atoms with Crippen molar-refractivity contribution in [2.45, 2.75) is 64.3 Å². The Morgan fingerprint density at radius 2 is 1.37 bits per heavy atom. The Balaban J connectivity index is 2.04. The van der Waals surface area contributed by atoms with Crippen LogP contribution in [-0.4, -0.2) is 22.8 Å². The van der Waals surface area contributed by atoms with E-state index in [2.05, 4.69) is 0 Å². The van der Waals surface area contributed by atoms with Crippen molar-refractivity contribution in [2.24, 2.45) is 0 Å². The monoisotopic (exact) mass is 418 g/mol. The van der Waals surface area contributed by atoms with Gasteiger partial charge in [0.2, 0.25) is 0 Å². The van der Waals surface area contributed by atoms with E-state index in [1.165, 1.54) is 12.1 Å². The molecule has 0 amide bonds. The molecule has 0 aliphatic carbocycles. The summed E-state index contributed by atoms with van der Waals surface area (Å²) in [7, 11) is 0. The quantitative estimate of drug-likeness (QED) is 0.597. The van der Waals surface area contributed by atoms with E-state index in [0.29, 0.717) is 17.5 Å². The van der Waals surface area contributed by atoms with Crippen molar-refractivity contribution in [1.29, 1.82) is 0 Å². The van der Waals surface area contributed by atoms with Crippen LogP contribution in [-0.2, 0) is 26.9 Å². The maximum absolute atomic E-state index is 13.0. The number of alkyl halides is 3. The molecule has 0 radical (unpaired) electrons. The first kappa shape index (κ1) is 22.2. The summed E-state index contributed by atoms with van der Waals surface area (Å²) in [6.07, 6.45) is -3.82. The van der Waals surface area contributed by atoms with Gasteiger partial charge in [-0.2, -0.15) is 13.2 Å². The van der Waals surface area contributed by atoms with Crippen molar-refractivity contribution in [3.05, 3.63) is 59.2 Å². The third-order valence-corrected chi connectivity index (χ3v) is 5.60. The molecule has 6 heteroatoms. The van der Waals surface area contributed by atoms with Crippen molar-refractivity contribution in [3.63, 3.8) is 0 Å². The lowest BCUT2D eigenvalue weighted by Crippen LogP contribution is -2.58. The van der Waals surface area contributed by atoms with Gasteiger partial charge in [-0.05, 0) is 68.5 Å². The molecular formula is C24H25F3O3. The molecule has 3 rings (SSSR count). The molecule has 0 aromatic heterocycles. The highest BCUT2D eigenvalue weighted by Crippen LogP contribution is 2.40. The summed E-state index contributed by atoms with van der Waals surface area (Å²) in [6.45, 7) is 8.58. The van der Waals surface area contributed by atoms with Gasteiger partial charge in [0.05, 0.1) is 5.56 Å². The Morgan fingerprint density at radius 1 is 0.867 bits per heavy atom. The fourth-order valence-corrected chi connectivity index (χ4v) is 4.06. The van der Waals surface area contributed by atoms with E-state index in [0.717, 1.165) is 23.3 Å². The molecule has 0 bridgehead atoms. The molecule has 0 unspecified atom stereocenters. The molecule has 0 N–H and O–H groups in total. The molecule has 1 fully saturated rings. The zero-order chi connectivity index (χ0) is 22.5. The van der Waals surface area contributed by atoms with Gasteiger partial charge in [0.1, 0.15) is 17.1 Å². The Hall–Kier alpha value is -2.47. The van der Waals surface area contributed by atoms with Crippen LogP contribution in [0.3, 0.4) is 0 Å². The number of Topliss-reactive ketones (excluding diaryl/α,β-unsaturated/α-hetero) is 2. The number of hydrogen-bond donors (Lipinski definition) is 0. The van der Waals surface area contributed by atoms with Gasteiger partial charge < -0.3 is 4.74 Å². The smallest absolute Gasteiger partial charge is 0.354 e. The molecule has 3 nitrogen and oxygen atoms in total. The second-order valence-electron chi connectivity index (χ2n) is 8.63. The highest BCUT2D eigenvalue weighted by Gasteiger charge is 2.53. The van der Waals surface area contributed by atoms with Gasteiger partial charge in [0, 0.05) is 0 Å². The summed E-state index contributed by atoms with van der Waals surface area (Å²) in [6, 6.07) is 10.3. The van der Waals surface area contributed by atoms with Crippen molar-refractivity contribution in [2.75, 3.05) is 0 Å². The lowest BCUT2D eigenvalue weighted by molar-refractivity contribution is -0.184. The van der Waals surface area contributed by atoms with Gasteiger partial charge in [0.15, 0.2) is 11.6 Å². The van der Waals surface area contributed by atoms with Crippen molar-refractivity contribution in [3.8, 4) is 11.1 Å². The number of hydrogen-bond acceptors (Lipinski definition) is 3. The zero-order valence-corrected chi connectivity index (χ0v) is 17.7. The van der Waals surface area contributed by atoms with Gasteiger partial charge >= 0.3 is 6.18 Å². The topological polar surface area (TPSA) is 43.4 Å². The lowest BCUT2D eigenvalue weighted by atomic mass is 9.73. The molecule has 2 aromatic rings. The van der Waals surface area contributed by atoms with Crippen LogP contribution in [0.1, 0.15) is 57.2 Å². The Kier molecular flexibility index (Phi) is 5.44. The summed E-state index contributed by atoms with van der Waals surface area (Å²) >= 11 is 0. The van der Waals surface area contributed by atoms with E-state index in [9.17, 15) is 22.8 Å². The highest BCUT2D eigenvalue weighted by molar-refractivity contribution is 6.15. The average molecular weight is 418 g/mol. The second-order valence-corrected chi connectivity index (χ2v) is 8.63. The number of carbonyl (C=O) groups excluding carboxylic acids is 2. The molecule has 0 atom stereocenters. The van der Waals surface area contributed by atoms with Crippen LogP contribution < -0.4 is 0 Å². The minimum absolute atomic E-state index is 0.288. The number of halogens is 3. The summed E-state index contributed by atoms with van der Waals surface area (Å²) < 4.78 is 44.2. The van der Waals surface area contributed by atoms with Crippen LogP contribution in [0.5, 0.6) is 0 Å². The number of aryl methyl sites for hydroxylation is 1. The van der Waals surface area contributed by atoms with E-state index < -0.39 is 28.9 Å². The third kappa shape index (κ3) is 3.93. The van der Waals surface area contributed by atoms with Crippen LogP contribution in [0.15, 0.2) is 42.5 Å². The molecule has 2 aromatic carbocycles.